The number of ether oxygens (including phenoxy) is 1. The van der Waals surface area contributed by atoms with Crippen LogP contribution in [0.15, 0.2) is 24.3 Å². The summed E-state index contributed by atoms with van der Waals surface area (Å²) < 4.78 is 6.14. The third kappa shape index (κ3) is 3.22. The average Bonchev–Trinajstić information content (AvgIpc) is 2.30. The maximum absolute atomic E-state index is 6.14. The van der Waals surface area contributed by atoms with Crippen molar-refractivity contribution in [3.63, 3.8) is 0 Å². The number of piperidine rings is 1. The summed E-state index contributed by atoms with van der Waals surface area (Å²) in [5.74, 6) is 1.58. The molecule has 0 radical (unpaired) electrons. The van der Waals surface area contributed by atoms with Crippen molar-refractivity contribution in [3.05, 3.63) is 29.8 Å². The Morgan fingerprint density at radius 1 is 1.12 bits per heavy atom. The Morgan fingerprint density at radius 3 is 2.24 bits per heavy atom. The van der Waals surface area contributed by atoms with E-state index in [1.807, 2.05) is 0 Å². The van der Waals surface area contributed by atoms with Crippen LogP contribution >= 0.6 is 0 Å². The molecule has 94 valence electrons. The van der Waals surface area contributed by atoms with Crippen LogP contribution in [0.4, 0.5) is 0 Å². The molecule has 2 rings (SSSR count). The van der Waals surface area contributed by atoms with Gasteiger partial charge >= 0.3 is 0 Å². The van der Waals surface area contributed by atoms with Gasteiger partial charge in [-0.05, 0) is 56.5 Å². The number of benzene rings is 1. The molecule has 1 fully saturated rings. The highest BCUT2D eigenvalue weighted by atomic mass is 16.5. The molecule has 0 atom stereocenters. The van der Waals surface area contributed by atoms with Crippen molar-refractivity contribution in [2.45, 2.75) is 45.1 Å². The van der Waals surface area contributed by atoms with E-state index in [4.69, 9.17) is 4.74 Å². The lowest BCUT2D eigenvalue weighted by Crippen LogP contribution is -2.43. The molecule has 0 aliphatic carbocycles. The van der Waals surface area contributed by atoms with Gasteiger partial charge in [-0.1, -0.05) is 26.0 Å². The number of nitrogens with one attached hydrogen (secondary N) is 1. The second-order valence-corrected chi connectivity index (χ2v) is 5.53. The van der Waals surface area contributed by atoms with E-state index in [0.29, 0.717) is 5.92 Å². The van der Waals surface area contributed by atoms with Crippen molar-refractivity contribution in [1.82, 2.24) is 5.32 Å². The van der Waals surface area contributed by atoms with Crippen molar-refractivity contribution >= 4 is 0 Å². The topological polar surface area (TPSA) is 21.3 Å². The van der Waals surface area contributed by atoms with Crippen LogP contribution in [0.5, 0.6) is 5.75 Å². The van der Waals surface area contributed by atoms with Crippen molar-refractivity contribution in [1.29, 1.82) is 0 Å². The molecular weight excluding hydrogens is 210 g/mol. The first-order valence-corrected chi connectivity index (χ1v) is 6.59. The largest absolute Gasteiger partial charge is 0.487 e. The summed E-state index contributed by atoms with van der Waals surface area (Å²) in [4.78, 5) is 0. The summed E-state index contributed by atoms with van der Waals surface area (Å²) >= 11 is 0. The lowest BCUT2D eigenvalue weighted by atomic mass is 9.94. The molecule has 0 amide bonds. The molecule has 0 aromatic heterocycles. The predicted molar refractivity (Wildman–Crippen MR) is 71.7 cm³/mol. The fourth-order valence-electron chi connectivity index (χ4n) is 2.26. The predicted octanol–water partition coefficient (Wildman–Crippen LogP) is 3.33. The highest BCUT2D eigenvalue weighted by molar-refractivity contribution is 5.29. The number of hydrogen-bond donors (Lipinski definition) is 1. The van der Waals surface area contributed by atoms with E-state index < -0.39 is 0 Å². The lowest BCUT2D eigenvalue weighted by molar-refractivity contribution is 0.0556. The van der Waals surface area contributed by atoms with Gasteiger partial charge in [-0.3, -0.25) is 0 Å². The van der Waals surface area contributed by atoms with Gasteiger partial charge in [0, 0.05) is 0 Å². The third-order valence-electron chi connectivity index (χ3n) is 3.57. The second kappa shape index (κ2) is 5.09. The molecule has 1 N–H and O–H groups in total. The molecule has 0 saturated carbocycles. The van der Waals surface area contributed by atoms with Crippen LogP contribution in [0.1, 0.15) is 45.1 Å². The van der Waals surface area contributed by atoms with Crippen LogP contribution in [0.3, 0.4) is 0 Å². The van der Waals surface area contributed by atoms with Gasteiger partial charge in [0.15, 0.2) is 0 Å². The molecule has 1 aromatic rings. The first-order chi connectivity index (χ1) is 8.09. The minimum absolute atomic E-state index is 0.00456. The zero-order valence-electron chi connectivity index (χ0n) is 11.1. The van der Waals surface area contributed by atoms with E-state index in [2.05, 4.69) is 50.4 Å². The van der Waals surface area contributed by atoms with Crippen LogP contribution in [0.25, 0.3) is 0 Å². The minimum Gasteiger partial charge on any atom is -0.487 e. The standard InChI is InChI=1S/C15H23NO/c1-12(2)13-4-6-14(7-5-13)17-15(3)8-10-16-11-9-15/h4-7,12,16H,8-11H2,1-3H3. The molecule has 1 aromatic carbocycles. The Kier molecular flexibility index (Phi) is 3.72. The Bertz CT molecular complexity index is 350. The highest BCUT2D eigenvalue weighted by Crippen LogP contribution is 2.27. The second-order valence-electron chi connectivity index (χ2n) is 5.53. The van der Waals surface area contributed by atoms with E-state index in [1.165, 1.54) is 5.56 Å². The molecule has 1 heterocycles. The van der Waals surface area contributed by atoms with Crippen molar-refractivity contribution in [2.24, 2.45) is 0 Å². The molecule has 0 bridgehead atoms. The van der Waals surface area contributed by atoms with Crippen LogP contribution in [-0.2, 0) is 0 Å². The van der Waals surface area contributed by atoms with Gasteiger partial charge in [0.2, 0.25) is 0 Å². The van der Waals surface area contributed by atoms with Gasteiger partial charge in [-0.15, -0.1) is 0 Å². The van der Waals surface area contributed by atoms with Gasteiger partial charge in [-0.2, -0.15) is 0 Å². The number of rotatable bonds is 3. The minimum atomic E-state index is 0.00456. The van der Waals surface area contributed by atoms with Crippen LogP contribution in [-0.4, -0.2) is 18.7 Å². The molecule has 1 aliphatic heterocycles. The normalized spacial score (nSPS) is 19.3. The molecule has 1 saturated heterocycles. The molecular formula is C15H23NO. The average molecular weight is 233 g/mol. The van der Waals surface area contributed by atoms with Gasteiger partial charge in [0.1, 0.15) is 11.4 Å². The van der Waals surface area contributed by atoms with E-state index >= 15 is 0 Å². The maximum atomic E-state index is 6.14. The van der Waals surface area contributed by atoms with Gasteiger partial charge in [0.05, 0.1) is 0 Å². The van der Waals surface area contributed by atoms with Crippen LogP contribution in [0, 0.1) is 0 Å². The lowest BCUT2D eigenvalue weighted by Gasteiger charge is -2.34. The fourth-order valence-corrected chi connectivity index (χ4v) is 2.26. The summed E-state index contributed by atoms with van der Waals surface area (Å²) in [6.07, 6.45) is 2.16. The Balaban J connectivity index is 2.03. The fraction of sp³-hybridized carbons (Fsp3) is 0.600. The van der Waals surface area contributed by atoms with Crippen molar-refractivity contribution in [2.75, 3.05) is 13.1 Å². The molecule has 0 unspecified atom stereocenters. The summed E-state index contributed by atoms with van der Waals surface area (Å²) in [6, 6.07) is 8.54. The Morgan fingerprint density at radius 2 is 1.71 bits per heavy atom. The van der Waals surface area contributed by atoms with Crippen LogP contribution in [0.2, 0.25) is 0 Å². The molecule has 1 aliphatic rings. The zero-order valence-corrected chi connectivity index (χ0v) is 11.1. The molecule has 17 heavy (non-hydrogen) atoms. The highest BCUT2D eigenvalue weighted by Gasteiger charge is 2.28. The van der Waals surface area contributed by atoms with Gasteiger partial charge in [0.25, 0.3) is 0 Å². The first kappa shape index (κ1) is 12.4. The summed E-state index contributed by atoms with van der Waals surface area (Å²) in [5.41, 5.74) is 1.37. The monoisotopic (exact) mass is 233 g/mol. The zero-order chi connectivity index (χ0) is 12.3. The SMILES string of the molecule is CC(C)c1ccc(OC2(C)CCNCC2)cc1. The quantitative estimate of drug-likeness (QED) is 0.864. The van der Waals surface area contributed by atoms with Crippen molar-refractivity contribution in [3.8, 4) is 5.75 Å². The Hall–Kier alpha value is -1.02. The summed E-state index contributed by atoms with van der Waals surface area (Å²) in [6.45, 7) is 8.75. The third-order valence-corrected chi connectivity index (χ3v) is 3.57. The van der Waals surface area contributed by atoms with Crippen molar-refractivity contribution < 1.29 is 4.74 Å². The molecule has 2 heteroatoms. The van der Waals surface area contributed by atoms with Gasteiger partial charge in [-0.25, -0.2) is 0 Å². The van der Waals surface area contributed by atoms with E-state index in [0.717, 1.165) is 31.7 Å². The van der Waals surface area contributed by atoms with Gasteiger partial charge < -0.3 is 10.1 Å². The summed E-state index contributed by atoms with van der Waals surface area (Å²) in [7, 11) is 0. The maximum Gasteiger partial charge on any atom is 0.120 e. The Labute approximate surface area is 104 Å². The molecule has 0 spiro atoms. The van der Waals surface area contributed by atoms with E-state index in [9.17, 15) is 0 Å². The smallest absolute Gasteiger partial charge is 0.120 e. The number of hydrogen-bond acceptors (Lipinski definition) is 2. The van der Waals surface area contributed by atoms with Crippen LogP contribution < -0.4 is 10.1 Å². The molecule has 2 nitrogen and oxygen atoms in total. The van der Waals surface area contributed by atoms with E-state index in [1.54, 1.807) is 0 Å². The van der Waals surface area contributed by atoms with E-state index in [-0.39, 0.29) is 5.60 Å². The first-order valence-electron chi connectivity index (χ1n) is 6.59. The summed E-state index contributed by atoms with van der Waals surface area (Å²) in [5, 5.41) is 3.37.